The molecule has 0 bridgehead atoms. The summed E-state index contributed by atoms with van der Waals surface area (Å²) in [6.45, 7) is 4.63. The van der Waals surface area contributed by atoms with Crippen LogP contribution in [0, 0.1) is 5.82 Å². The van der Waals surface area contributed by atoms with E-state index in [1.807, 2.05) is 13.8 Å². The fourth-order valence-corrected chi connectivity index (χ4v) is 4.69. The van der Waals surface area contributed by atoms with E-state index >= 15 is 0 Å². The molecule has 44 heavy (non-hydrogen) atoms. The van der Waals surface area contributed by atoms with E-state index in [-0.39, 0.29) is 28.1 Å². The third-order valence-electron chi connectivity index (χ3n) is 7.67. The van der Waals surface area contributed by atoms with Crippen molar-refractivity contribution in [3.8, 4) is 22.8 Å². The van der Waals surface area contributed by atoms with Crippen LogP contribution in [0.2, 0.25) is 5.02 Å². The molecular formula is C32H36ClF4N3O4. The zero-order valence-electron chi connectivity index (χ0n) is 25.2. The summed E-state index contributed by atoms with van der Waals surface area (Å²) in [4.78, 5) is 17.5. The molecule has 4 rings (SSSR count). The van der Waals surface area contributed by atoms with Crippen LogP contribution in [-0.4, -0.2) is 57.1 Å². The monoisotopic (exact) mass is 637 g/mol. The van der Waals surface area contributed by atoms with E-state index in [1.165, 1.54) is 37.4 Å². The summed E-state index contributed by atoms with van der Waals surface area (Å²) in [5, 5.41) is 5.54. The second-order valence-electron chi connectivity index (χ2n) is 11.5. The second kappa shape index (κ2) is 13.3. The van der Waals surface area contributed by atoms with Crippen molar-refractivity contribution in [3.05, 3.63) is 76.2 Å². The maximum atomic E-state index is 14.9. The lowest BCUT2D eigenvalue weighted by Gasteiger charge is -2.34. The van der Waals surface area contributed by atoms with Gasteiger partial charge in [-0.3, -0.25) is 9.78 Å². The van der Waals surface area contributed by atoms with E-state index < -0.39 is 35.4 Å². The standard InChI is InChI=1S/C32H36ClF4N3O4/c1-30(2,39-12-13-42-4)21-16-25(19-6-10-24(34)23(33)14-19)40-28(17-21)31(3,32(35,36)37)18-38-29(41)20-7-11-26(27(15-20)43-5)44-22-8-9-22/h6-7,10-11,14-17,22,39H,8-9,12-13,18H2,1-5H3,(H,38,41). The molecule has 238 valence electrons. The Morgan fingerprint density at radius 3 is 2.36 bits per heavy atom. The minimum absolute atomic E-state index is 0.0929. The zero-order valence-corrected chi connectivity index (χ0v) is 26.0. The first-order chi connectivity index (χ1) is 20.7. The van der Waals surface area contributed by atoms with E-state index in [1.54, 1.807) is 19.2 Å². The predicted octanol–water partition coefficient (Wildman–Crippen LogP) is 6.81. The van der Waals surface area contributed by atoms with Gasteiger partial charge in [-0.05, 0) is 87.7 Å². The highest BCUT2D eigenvalue weighted by Gasteiger charge is 2.54. The van der Waals surface area contributed by atoms with Crippen LogP contribution in [0.15, 0.2) is 48.5 Å². The highest BCUT2D eigenvalue weighted by molar-refractivity contribution is 6.31. The molecule has 1 amide bonds. The maximum absolute atomic E-state index is 14.9. The molecule has 2 N–H and O–H groups in total. The molecule has 0 saturated heterocycles. The first kappa shape index (κ1) is 33.5. The van der Waals surface area contributed by atoms with Gasteiger partial charge in [-0.15, -0.1) is 0 Å². The Morgan fingerprint density at radius 2 is 1.75 bits per heavy atom. The summed E-state index contributed by atoms with van der Waals surface area (Å²) in [7, 11) is 2.97. The van der Waals surface area contributed by atoms with Crippen LogP contribution in [0.4, 0.5) is 17.6 Å². The third kappa shape index (κ3) is 7.62. The lowest BCUT2D eigenvalue weighted by Crippen LogP contribution is -2.49. The molecule has 1 saturated carbocycles. The number of pyridine rings is 1. The number of ether oxygens (including phenoxy) is 3. The van der Waals surface area contributed by atoms with Gasteiger partial charge in [0, 0.05) is 36.9 Å². The van der Waals surface area contributed by atoms with E-state index in [0.29, 0.717) is 35.8 Å². The minimum Gasteiger partial charge on any atom is -0.493 e. The van der Waals surface area contributed by atoms with Gasteiger partial charge in [-0.1, -0.05) is 11.6 Å². The molecule has 1 aliphatic carbocycles. The molecule has 1 fully saturated rings. The molecule has 0 radical (unpaired) electrons. The molecule has 1 unspecified atom stereocenters. The van der Waals surface area contributed by atoms with Crippen LogP contribution in [0.5, 0.6) is 11.5 Å². The molecule has 1 aliphatic rings. The highest BCUT2D eigenvalue weighted by atomic mass is 35.5. The number of hydrogen-bond acceptors (Lipinski definition) is 6. The van der Waals surface area contributed by atoms with Crippen molar-refractivity contribution in [2.45, 2.75) is 56.8 Å². The third-order valence-corrected chi connectivity index (χ3v) is 7.96. The summed E-state index contributed by atoms with van der Waals surface area (Å²) in [5.41, 5.74) is -2.65. The van der Waals surface area contributed by atoms with Crippen LogP contribution in [0.1, 0.15) is 55.2 Å². The van der Waals surface area contributed by atoms with Gasteiger partial charge < -0.3 is 24.8 Å². The van der Waals surface area contributed by atoms with Crippen LogP contribution in [-0.2, 0) is 15.7 Å². The number of hydrogen-bond donors (Lipinski definition) is 2. The largest absolute Gasteiger partial charge is 0.493 e. The quantitative estimate of drug-likeness (QED) is 0.158. The van der Waals surface area contributed by atoms with Crippen LogP contribution in [0.3, 0.4) is 0 Å². The lowest BCUT2D eigenvalue weighted by molar-refractivity contribution is -0.184. The van der Waals surface area contributed by atoms with Crippen molar-refractivity contribution in [1.29, 1.82) is 0 Å². The molecule has 0 spiro atoms. The first-order valence-corrected chi connectivity index (χ1v) is 14.5. The Labute approximate surface area is 259 Å². The fraction of sp³-hybridized carbons (Fsp3) is 0.438. The van der Waals surface area contributed by atoms with Crippen LogP contribution < -0.4 is 20.1 Å². The number of rotatable bonds is 13. The molecule has 1 heterocycles. The number of methoxy groups -OCH3 is 2. The van der Waals surface area contributed by atoms with Gasteiger partial charge in [0.25, 0.3) is 5.91 Å². The number of amides is 1. The zero-order chi connectivity index (χ0) is 32.3. The lowest BCUT2D eigenvalue weighted by atomic mass is 9.82. The average Bonchev–Trinajstić information content (AvgIpc) is 3.80. The summed E-state index contributed by atoms with van der Waals surface area (Å²) in [6, 6.07) is 11.3. The van der Waals surface area contributed by atoms with Crippen LogP contribution in [0.25, 0.3) is 11.3 Å². The number of carbonyl (C=O) groups excluding carboxylic acids is 1. The molecule has 2 aromatic carbocycles. The van der Waals surface area contributed by atoms with Gasteiger partial charge in [0.05, 0.1) is 36.2 Å². The summed E-state index contributed by atoms with van der Waals surface area (Å²) in [6.07, 6.45) is -2.88. The molecule has 3 aromatic rings. The van der Waals surface area contributed by atoms with Gasteiger partial charge in [0.2, 0.25) is 0 Å². The molecular weight excluding hydrogens is 602 g/mol. The van der Waals surface area contributed by atoms with Gasteiger partial charge >= 0.3 is 6.18 Å². The van der Waals surface area contributed by atoms with Gasteiger partial charge in [0.1, 0.15) is 11.2 Å². The number of alkyl halides is 3. The molecule has 1 atom stereocenters. The van der Waals surface area contributed by atoms with Gasteiger partial charge in [-0.25, -0.2) is 4.39 Å². The number of nitrogens with one attached hydrogen (secondary N) is 2. The average molecular weight is 638 g/mol. The SMILES string of the molecule is COCCNC(C)(C)c1cc(-c2ccc(F)c(Cl)c2)nc(C(C)(CNC(=O)c2ccc(OC3CC3)c(OC)c2)C(F)(F)F)c1. The summed E-state index contributed by atoms with van der Waals surface area (Å²) < 4.78 is 75.0. The summed E-state index contributed by atoms with van der Waals surface area (Å²) in [5.74, 6) is -0.619. The molecule has 1 aromatic heterocycles. The van der Waals surface area contributed by atoms with Crippen molar-refractivity contribution < 1.29 is 36.6 Å². The second-order valence-corrected chi connectivity index (χ2v) is 11.9. The Hall–Kier alpha value is -3.41. The Morgan fingerprint density at radius 1 is 1.02 bits per heavy atom. The van der Waals surface area contributed by atoms with E-state index in [9.17, 15) is 22.4 Å². The van der Waals surface area contributed by atoms with Crippen molar-refractivity contribution in [2.24, 2.45) is 0 Å². The maximum Gasteiger partial charge on any atom is 0.401 e. The smallest absolute Gasteiger partial charge is 0.401 e. The topological polar surface area (TPSA) is 81.7 Å². The molecule has 12 heteroatoms. The molecule has 0 aliphatic heterocycles. The Kier molecular flexibility index (Phi) is 10.1. The van der Waals surface area contributed by atoms with Crippen molar-refractivity contribution in [3.63, 3.8) is 0 Å². The number of benzene rings is 2. The van der Waals surface area contributed by atoms with Crippen molar-refractivity contribution >= 4 is 17.5 Å². The predicted molar refractivity (Wildman–Crippen MR) is 160 cm³/mol. The van der Waals surface area contributed by atoms with Crippen molar-refractivity contribution in [1.82, 2.24) is 15.6 Å². The number of halogens is 5. The van der Waals surface area contributed by atoms with Crippen molar-refractivity contribution in [2.75, 3.05) is 33.9 Å². The molecule has 7 nitrogen and oxygen atoms in total. The van der Waals surface area contributed by atoms with E-state index in [2.05, 4.69) is 15.6 Å². The van der Waals surface area contributed by atoms with E-state index in [0.717, 1.165) is 25.8 Å². The first-order valence-electron chi connectivity index (χ1n) is 14.1. The number of aromatic nitrogens is 1. The Balaban J connectivity index is 1.71. The fourth-order valence-electron chi connectivity index (χ4n) is 4.51. The number of carbonyl (C=O) groups is 1. The number of nitrogens with zero attached hydrogens (tertiary/aromatic N) is 1. The van der Waals surface area contributed by atoms with Gasteiger partial charge in [-0.2, -0.15) is 13.2 Å². The minimum atomic E-state index is -4.82. The Bertz CT molecular complexity index is 1500. The van der Waals surface area contributed by atoms with Crippen LogP contribution >= 0.6 is 11.6 Å². The van der Waals surface area contributed by atoms with E-state index in [4.69, 9.17) is 25.8 Å². The summed E-state index contributed by atoms with van der Waals surface area (Å²) >= 11 is 6.01. The van der Waals surface area contributed by atoms with Gasteiger partial charge in [0.15, 0.2) is 11.5 Å². The normalized spacial score (nSPS) is 15.0. The highest BCUT2D eigenvalue weighted by Crippen LogP contribution is 2.42.